The summed E-state index contributed by atoms with van der Waals surface area (Å²) in [5.41, 5.74) is 3.34. The highest BCUT2D eigenvalue weighted by molar-refractivity contribution is 5.79. The Balaban J connectivity index is 1.79. The molecule has 1 aliphatic heterocycles. The second-order valence-corrected chi connectivity index (χ2v) is 6.93. The van der Waals surface area contributed by atoms with E-state index in [0.29, 0.717) is 36.2 Å². The van der Waals surface area contributed by atoms with Gasteiger partial charge in [0.05, 0.1) is 11.9 Å². The molecule has 0 atom stereocenters. The van der Waals surface area contributed by atoms with E-state index in [9.17, 15) is 4.79 Å². The fraction of sp³-hybridized carbons (Fsp3) is 0.350. The van der Waals surface area contributed by atoms with Crippen LogP contribution in [0.4, 0.5) is 11.6 Å². The number of nitrogens with zero attached hydrogens (tertiary/aromatic N) is 5. The minimum atomic E-state index is -0.0576. The van der Waals surface area contributed by atoms with Crippen molar-refractivity contribution in [3.63, 3.8) is 0 Å². The summed E-state index contributed by atoms with van der Waals surface area (Å²) in [5.74, 6) is 0.382. The number of aromatic nitrogens is 4. The average Bonchev–Trinajstić information content (AvgIpc) is 2.70. The van der Waals surface area contributed by atoms with Gasteiger partial charge in [-0.25, -0.2) is 9.97 Å². The Labute approximate surface area is 161 Å². The van der Waals surface area contributed by atoms with Gasteiger partial charge in [0.2, 0.25) is 5.95 Å². The number of hydrogen-bond donors (Lipinski definition) is 1. The van der Waals surface area contributed by atoms with E-state index in [0.717, 1.165) is 29.4 Å². The monoisotopic (exact) mass is 376 g/mol. The maximum atomic E-state index is 12.7. The van der Waals surface area contributed by atoms with Gasteiger partial charge in [-0.1, -0.05) is 0 Å². The van der Waals surface area contributed by atoms with Crippen molar-refractivity contribution < 1.29 is 4.74 Å². The first-order chi connectivity index (χ1) is 13.6. The van der Waals surface area contributed by atoms with Crippen LogP contribution in [0.15, 0.2) is 29.3 Å². The zero-order valence-electron chi connectivity index (χ0n) is 15.8. The molecule has 0 radical (unpaired) electrons. The molecule has 3 aromatic heterocycles. The van der Waals surface area contributed by atoms with Crippen molar-refractivity contribution in [3.05, 3.63) is 51.7 Å². The highest BCUT2D eigenvalue weighted by atomic mass is 16.5. The number of anilines is 2. The Kier molecular flexibility index (Phi) is 4.75. The number of ether oxygens (including phenoxy) is 1. The van der Waals surface area contributed by atoms with E-state index in [1.807, 2.05) is 19.9 Å². The second-order valence-electron chi connectivity index (χ2n) is 6.93. The molecule has 0 aromatic carbocycles. The van der Waals surface area contributed by atoms with Crippen LogP contribution in [0.25, 0.3) is 11.0 Å². The summed E-state index contributed by atoms with van der Waals surface area (Å²) in [6.45, 7) is 5.05. The highest BCUT2D eigenvalue weighted by Crippen LogP contribution is 2.25. The number of pyridine rings is 2. The molecule has 8 heteroatoms. The molecule has 28 heavy (non-hydrogen) atoms. The fourth-order valence-electron chi connectivity index (χ4n) is 3.50. The molecule has 4 heterocycles. The Morgan fingerprint density at radius 1 is 1.18 bits per heavy atom. The molecule has 1 N–H and O–H groups in total. The van der Waals surface area contributed by atoms with E-state index in [-0.39, 0.29) is 11.6 Å². The van der Waals surface area contributed by atoms with E-state index < -0.39 is 0 Å². The maximum Gasteiger partial charge on any atom is 0.252 e. The number of aryl methyl sites for hydroxylation is 2. The number of nitrogens with one attached hydrogen (secondary N) is 1. The van der Waals surface area contributed by atoms with Gasteiger partial charge in [0.15, 0.2) is 0 Å². The predicted molar refractivity (Wildman–Crippen MR) is 105 cm³/mol. The topological polar surface area (TPSA) is 106 Å². The van der Waals surface area contributed by atoms with Gasteiger partial charge in [-0.2, -0.15) is 10.2 Å². The molecule has 3 aromatic rings. The minimum absolute atomic E-state index is 0.0576. The first kappa shape index (κ1) is 18.1. The third-order valence-corrected chi connectivity index (χ3v) is 5.03. The number of fused-ring (bicyclic) bond motifs is 1. The molecule has 0 bridgehead atoms. The van der Waals surface area contributed by atoms with E-state index in [2.05, 4.69) is 20.3 Å². The van der Waals surface area contributed by atoms with Gasteiger partial charge >= 0.3 is 0 Å². The van der Waals surface area contributed by atoms with Crippen molar-refractivity contribution in [2.75, 3.05) is 18.5 Å². The second kappa shape index (κ2) is 7.37. The SMILES string of the molecule is Cc1cc(C#N)ncc1Nc1ncc2c(C)cc(=O)n(C3CCOCC3)c2n1. The summed E-state index contributed by atoms with van der Waals surface area (Å²) < 4.78 is 7.21. The Morgan fingerprint density at radius 2 is 1.96 bits per heavy atom. The van der Waals surface area contributed by atoms with Gasteiger partial charge < -0.3 is 10.1 Å². The van der Waals surface area contributed by atoms with Crippen LogP contribution in [0.1, 0.15) is 35.7 Å². The molecule has 0 amide bonds. The molecule has 8 nitrogen and oxygen atoms in total. The highest BCUT2D eigenvalue weighted by Gasteiger charge is 2.21. The molecule has 142 valence electrons. The maximum absolute atomic E-state index is 12.7. The summed E-state index contributed by atoms with van der Waals surface area (Å²) in [6, 6.07) is 5.42. The van der Waals surface area contributed by atoms with Gasteiger partial charge in [-0.15, -0.1) is 0 Å². The Morgan fingerprint density at radius 3 is 2.68 bits per heavy atom. The van der Waals surface area contributed by atoms with Crippen molar-refractivity contribution >= 4 is 22.7 Å². The van der Waals surface area contributed by atoms with Crippen LogP contribution in [0, 0.1) is 25.2 Å². The molecular formula is C20H20N6O2. The van der Waals surface area contributed by atoms with Crippen molar-refractivity contribution in [1.82, 2.24) is 19.5 Å². The van der Waals surface area contributed by atoms with E-state index in [1.165, 1.54) is 0 Å². The number of hydrogen-bond acceptors (Lipinski definition) is 7. The van der Waals surface area contributed by atoms with Crippen LogP contribution in [0.5, 0.6) is 0 Å². The summed E-state index contributed by atoms with van der Waals surface area (Å²) in [4.78, 5) is 25.9. The summed E-state index contributed by atoms with van der Waals surface area (Å²) in [6.07, 6.45) is 4.89. The van der Waals surface area contributed by atoms with Crippen LogP contribution in [0.2, 0.25) is 0 Å². The molecule has 4 rings (SSSR count). The lowest BCUT2D eigenvalue weighted by molar-refractivity contribution is 0.0697. The third-order valence-electron chi connectivity index (χ3n) is 5.03. The summed E-state index contributed by atoms with van der Waals surface area (Å²) in [7, 11) is 0. The zero-order valence-corrected chi connectivity index (χ0v) is 15.8. The predicted octanol–water partition coefficient (Wildman–Crippen LogP) is 2.77. The van der Waals surface area contributed by atoms with E-state index in [1.54, 1.807) is 29.1 Å². The van der Waals surface area contributed by atoms with Gasteiger partial charge in [-0.05, 0) is 43.9 Å². The molecule has 1 saturated heterocycles. The first-order valence-corrected chi connectivity index (χ1v) is 9.17. The van der Waals surface area contributed by atoms with Gasteiger partial charge in [0, 0.05) is 36.9 Å². The third kappa shape index (κ3) is 3.32. The van der Waals surface area contributed by atoms with Gasteiger partial charge in [0.25, 0.3) is 5.56 Å². The normalized spacial score (nSPS) is 14.8. The zero-order chi connectivity index (χ0) is 19.7. The average molecular weight is 376 g/mol. The van der Waals surface area contributed by atoms with E-state index in [4.69, 9.17) is 10.00 Å². The minimum Gasteiger partial charge on any atom is -0.381 e. The molecule has 0 unspecified atom stereocenters. The number of nitriles is 1. The van der Waals surface area contributed by atoms with Crippen LogP contribution in [0.3, 0.4) is 0 Å². The molecule has 1 fully saturated rings. The van der Waals surface area contributed by atoms with Crippen molar-refractivity contribution in [1.29, 1.82) is 5.26 Å². The molecule has 0 saturated carbocycles. The Bertz CT molecular complexity index is 1140. The van der Waals surface area contributed by atoms with Crippen molar-refractivity contribution in [2.24, 2.45) is 0 Å². The lowest BCUT2D eigenvalue weighted by atomic mass is 10.1. The van der Waals surface area contributed by atoms with Crippen molar-refractivity contribution in [2.45, 2.75) is 32.7 Å². The van der Waals surface area contributed by atoms with Gasteiger partial charge in [0.1, 0.15) is 17.4 Å². The van der Waals surface area contributed by atoms with Crippen LogP contribution in [-0.4, -0.2) is 32.7 Å². The smallest absolute Gasteiger partial charge is 0.252 e. The van der Waals surface area contributed by atoms with Gasteiger partial charge in [-0.3, -0.25) is 9.36 Å². The first-order valence-electron chi connectivity index (χ1n) is 9.17. The largest absolute Gasteiger partial charge is 0.381 e. The Hall–Kier alpha value is -3.31. The molecule has 0 spiro atoms. The van der Waals surface area contributed by atoms with Crippen molar-refractivity contribution in [3.8, 4) is 6.07 Å². The summed E-state index contributed by atoms with van der Waals surface area (Å²) in [5, 5.41) is 13.0. The fourth-order valence-corrected chi connectivity index (χ4v) is 3.50. The quantitative estimate of drug-likeness (QED) is 0.749. The number of rotatable bonds is 3. The molecule has 0 aliphatic carbocycles. The standard InChI is InChI=1S/C20H20N6O2/c1-12-8-18(27)26(15-3-5-28-6-4-15)19-16(12)10-23-20(25-19)24-17-11-22-14(9-21)7-13(17)2/h7-8,10-11,15H,3-6H2,1-2H3,(H,23,24,25). The van der Waals surface area contributed by atoms with E-state index >= 15 is 0 Å². The lowest BCUT2D eigenvalue weighted by Gasteiger charge is -2.25. The summed E-state index contributed by atoms with van der Waals surface area (Å²) >= 11 is 0. The lowest BCUT2D eigenvalue weighted by Crippen LogP contribution is -2.30. The van der Waals surface area contributed by atoms with Crippen LogP contribution >= 0.6 is 0 Å². The van der Waals surface area contributed by atoms with Crippen LogP contribution in [-0.2, 0) is 4.74 Å². The van der Waals surface area contributed by atoms with Crippen LogP contribution < -0.4 is 10.9 Å². The molecule has 1 aliphatic rings. The molecular weight excluding hydrogens is 356 g/mol.